The zero-order valence-electron chi connectivity index (χ0n) is 17.5. The van der Waals surface area contributed by atoms with Crippen molar-refractivity contribution in [1.82, 2.24) is 19.0 Å². The molecule has 0 atom stereocenters. The topological polar surface area (TPSA) is 124 Å². The van der Waals surface area contributed by atoms with Crippen molar-refractivity contribution in [3.63, 3.8) is 0 Å². The summed E-state index contributed by atoms with van der Waals surface area (Å²) in [6, 6.07) is 9.78. The van der Waals surface area contributed by atoms with E-state index in [0.717, 1.165) is 4.57 Å². The molecule has 3 aromatic rings. The Morgan fingerprint density at radius 2 is 1.78 bits per heavy atom. The van der Waals surface area contributed by atoms with E-state index in [4.69, 9.17) is 0 Å². The molecule has 0 spiro atoms. The van der Waals surface area contributed by atoms with Gasteiger partial charge in [0.25, 0.3) is 11.2 Å². The van der Waals surface area contributed by atoms with E-state index < -0.39 is 10.6 Å². The van der Waals surface area contributed by atoms with Crippen molar-refractivity contribution in [1.29, 1.82) is 0 Å². The predicted molar refractivity (Wildman–Crippen MR) is 118 cm³/mol. The Morgan fingerprint density at radius 3 is 2.41 bits per heavy atom. The number of rotatable bonds is 5. The monoisotopic (exact) mass is 438 g/mol. The Kier molecular flexibility index (Phi) is 5.71. The summed E-state index contributed by atoms with van der Waals surface area (Å²) in [5, 5.41) is 11.2. The number of para-hydroxylation sites is 1. The van der Waals surface area contributed by atoms with Gasteiger partial charge in [-0.3, -0.25) is 28.8 Å². The molecule has 11 nitrogen and oxygen atoms in total. The molecule has 1 aromatic carbocycles. The number of pyridine rings is 1. The smallest absolute Gasteiger partial charge is 0.331 e. The maximum Gasteiger partial charge on any atom is 0.331 e. The van der Waals surface area contributed by atoms with Gasteiger partial charge in [-0.25, -0.2) is 9.78 Å². The fourth-order valence-corrected chi connectivity index (χ4v) is 3.90. The van der Waals surface area contributed by atoms with Crippen LogP contribution in [0.5, 0.6) is 0 Å². The molecule has 0 unspecified atom stereocenters. The van der Waals surface area contributed by atoms with Crippen LogP contribution in [0.2, 0.25) is 0 Å². The largest absolute Gasteiger partial charge is 0.353 e. The fraction of sp³-hybridized carbons (Fsp3) is 0.333. The molecule has 0 saturated carbocycles. The van der Waals surface area contributed by atoms with Gasteiger partial charge < -0.3 is 9.80 Å². The molecule has 1 aliphatic heterocycles. The Morgan fingerprint density at radius 1 is 1.06 bits per heavy atom. The molecule has 0 bridgehead atoms. The number of benzene rings is 1. The van der Waals surface area contributed by atoms with Crippen LogP contribution in [0.4, 0.5) is 11.5 Å². The second-order valence-corrected chi connectivity index (χ2v) is 7.43. The minimum absolute atomic E-state index is 0.0753. The SMILES string of the molecule is CCn1c(=O)c2ccccc2n(CC(=O)N2CCN(c3ccc([N+](=O)[O-])cn3)CC2)c1=O. The minimum atomic E-state index is -0.502. The van der Waals surface area contributed by atoms with Gasteiger partial charge in [0, 0.05) is 38.8 Å². The molecule has 1 saturated heterocycles. The molecule has 32 heavy (non-hydrogen) atoms. The number of carbonyl (C=O) groups excluding carboxylic acids is 1. The van der Waals surface area contributed by atoms with Crippen LogP contribution in [0.15, 0.2) is 52.2 Å². The summed E-state index contributed by atoms with van der Waals surface area (Å²) < 4.78 is 2.49. The highest BCUT2D eigenvalue weighted by molar-refractivity contribution is 5.81. The molecular formula is C21H22N6O5. The average Bonchev–Trinajstić information content (AvgIpc) is 2.82. The maximum absolute atomic E-state index is 13.0. The highest BCUT2D eigenvalue weighted by Crippen LogP contribution is 2.17. The number of carbonyl (C=O) groups is 1. The van der Waals surface area contributed by atoms with Crippen molar-refractivity contribution in [3.05, 3.63) is 73.5 Å². The second kappa shape index (κ2) is 8.61. The van der Waals surface area contributed by atoms with Crippen molar-refractivity contribution in [3.8, 4) is 0 Å². The van der Waals surface area contributed by atoms with Crippen LogP contribution < -0.4 is 16.1 Å². The third-order valence-corrected chi connectivity index (χ3v) is 5.64. The molecular weight excluding hydrogens is 416 g/mol. The standard InChI is InChI=1S/C21H22N6O5/c1-2-25-20(29)16-5-3-4-6-17(16)26(21(25)30)14-19(28)24-11-9-23(10-12-24)18-8-7-15(13-22-18)27(31)32/h3-8,13H,2,9-12,14H2,1H3. The van der Waals surface area contributed by atoms with Crippen molar-refractivity contribution in [2.45, 2.75) is 20.0 Å². The van der Waals surface area contributed by atoms with Gasteiger partial charge in [-0.15, -0.1) is 0 Å². The Bertz CT molecular complexity index is 1290. The highest BCUT2D eigenvalue weighted by atomic mass is 16.6. The van der Waals surface area contributed by atoms with Gasteiger partial charge in [-0.05, 0) is 25.1 Å². The second-order valence-electron chi connectivity index (χ2n) is 7.43. The lowest BCUT2D eigenvalue weighted by atomic mass is 10.2. The molecule has 0 aliphatic carbocycles. The lowest BCUT2D eigenvalue weighted by Crippen LogP contribution is -2.51. The molecule has 3 heterocycles. The summed E-state index contributed by atoms with van der Waals surface area (Å²) in [5.74, 6) is 0.398. The van der Waals surface area contributed by atoms with Crippen LogP contribution in [0.1, 0.15) is 6.92 Å². The van der Waals surface area contributed by atoms with Gasteiger partial charge in [0.15, 0.2) is 0 Å². The van der Waals surface area contributed by atoms with E-state index in [-0.39, 0.29) is 30.2 Å². The number of hydrogen-bond acceptors (Lipinski definition) is 7. The van der Waals surface area contributed by atoms with E-state index in [2.05, 4.69) is 4.98 Å². The van der Waals surface area contributed by atoms with E-state index in [9.17, 15) is 24.5 Å². The summed E-state index contributed by atoms with van der Waals surface area (Å²) in [6.07, 6.45) is 1.22. The first-order valence-corrected chi connectivity index (χ1v) is 10.3. The van der Waals surface area contributed by atoms with E-state index >= 15 is 0 Å². The molecule has 0 radical (unpaired) electrons. The Balaban J connectivity index is 1.50. The molecule has 1 amide bonds. The van der Waals surface area contributed by atoms with Crippen LogP contribution in [0.3, 0.4) is 0 Å². The van der Waals surface area contributed by atoms with E-state index in [1.165, 1.54) is 16.8 Å². The van der Waals surface area contributed by atoms with Gasteiger partial charge in [-0.1, -0.05) is 12.1 Å². The average molecular weight is 438 g/mol. The molecule has 166 valence electrons. The third-order valence-electron chi connectivity index (χ3n) is 5.64. The third kappa shape index (κ3) is 3.84. The fourth-order valence-electron chi connectivity index (χ4n) is 3.90. The number of nitro groups is 1. The Labute approximate surface area is 182 Å². The normalized spacial score (nSPS) is 14.0. The molecule has 4 rings (SSSR count). The van der Waals surface area contributed by atoms with Gasteiger partial charge in [0.05, 0.1) is 15.8 Å². The van der Waals surface area contributed by atoms with Gasteiger partial charge >= 0.3 is 5.69 Å². The lowest BCUT2D eigenvalue weighted by molar-refractivity contribution is -0.385. The van der Waals surface area contributed by atoms with Crippen LogP contribution in [0, 0.1) is 10.1 Å². The summed E-state index contributed by atoms with van der Waals surface area (Å²) in [5.41, 5.74) is -0.498. The number of nitrogens with zero attached hydrogens (tertiary/aromatic N) is 6. The number of aromatic nitrogens is 3. The summed E-state index contributed by atoms with van der Waals surface area (Å²) in [4.78, 5) is 56.4. The van der Waals surface area contributed by atoms with E-state index in [0.29, 0.717) is 42.9 Å². The van der Waals surface area contributed by atoms with Crippen LogP contribution in [0.25, 0.3) is 10.9 Å². The van der Waals surface area contributed by atoms with Crippen molar-refractivity contribution < 1.29 is 9.72 Å². The number of amides is 1. The summed E-state index contributed by atoms with van der Waals surface area (Å²) in [6.45, 7) is 3.67. The number of fused-ring (bicyclic) bond motifs is 1. The van der Waals surface area contributed by atoms with Gasteiger partial charge in [0.1, 0.15) is 18.6 Å². The molecule has 11 heteroatoms. The number of hydrogen-bond donors (Lipinski definition) is 0. The zero-order valence-corrected chi connectivity index (χ0v) is 17.5. The van der Waals surface area contributed by atoms with Crippen molar-refractivity contribution in [2.75, 3.05) is 31.1 Å². The van der Waals surface area contributed by atoms with E-state index in [1.54, 1.807) is 42.2 Å². The summed E-state index contributed by atoms with van der Waals surface area (Å²) in [7, 11) is 0. The lowest BCUT2D eigenvalue weighted by Gasteiger charge is -2.35. The van der Waals surface area contributed by atoms with Crippen molar-refractivity contribution >= 4 is 28.3 Å². The van der Waals surface area contributed by atoms with Gasteiger partial charge in [-0.2, -0.15) is 0 Å². The maximum atomic E-state index is 13.0. The Hall–Kier alpha value is -4.02. The van der Waals surface area contributed by atoms with Crippen molar-refractivity contribution in [2.24, 2.45) is 0 Å². The van der Waals surface area contributed by atoms with Crippen LogP contribution in [-0.2, 0) is 17.9 Å². The summed E-state index contributed by atoms with van der Waals surface area (Å²) >= 11 is 0. The highest BCUT2D eigenvalue weighted by Gasteiger charge is 2.24. The first-order chi connectivity index (χ1) is 15.4. The van der Waals surface area contributed by atoms with E-state index in [1.807, 2.05) is 4.90 Å². The number of piperazine rings is 1. The zero-order chi connectivity index (χ0) is 22.8. The number of anilines is 1. The van der Waals surface area contributed by atoms with Gasteiger partial charge in [0.2, 0.25) is 5.91 Å². The quantitative estimate of drug-likeness (QED) is 0.427. The molecule has 0 N–H and O–H groups in total. The minimum Gasteiger partial charge on any atom is -0.353 e. The molecule has 1 fully saturated rings. The molecule has 1 aliphatic rings. The van der Waals surface area contributed by atoms with Crippen LogP contribution >= 0.6 is 0 Å². The van der Waals surface area contributed by atoms with Crippen LogP contribution in [-0.4, -0.2) is 56.0 Å². The molecule has 2 aromatic heterocycles. The first-order valence-electron chi connectivity index (χ1n) is 10.3. The first kappa shape index (κ1) is 21.2. The predicted octanol–water partition coefficient (Wildman–Crippen LogP) is 0.835.